The van der Waals surface area contributed by atoms with E-state index in [1.54, 1.807) is 0 Å². The van der Waals surface area contributed by atoms with Gasteiger partial charge in [-0.25, -0.2) is 8.99 Å². The van der Waals surface area contributed by atoms with Gasteiger partial charge in [-0.05, 0) is 68.5 Å². The number of carbonyl (C=O) groups is 1. The van der Waals surface area contributed by atoms with E-state index in [1.165, 1.54) is 17.2 Å². The van der Waals surface area contributed by atoms with Gasteiger partial charge in [-0.1, -0.05) is 36.9 Å². The third-order valence-electron chi connectivity index (χ3n) is 9.75. The number of nitrogens with zero attached hydrogens (tertiary/aromatic N) is 6. The van der Waals surface area contributed by atoms with Gasteiger partial charge in [0.2, 0.25) is 5.91 Å². The van der Waals surface area contributed by atoms with Gasteiger partial charge in [-0.3, -0.25) is 4.79 Å². The fourth-order valence-corrected chi connectivity index (χ4v) is 9.34. The largest absolute Gasteiger partial charge is 0.424 e. The molecule has 1 N–H and O–H groups in total. The van der Waals surface area contributed by atoms with E-state index in [0.29, 0.717) is 42.8 Å². The second-order valence-electron chi connectivity index (χ2n) is 12.6. The van der Waals surface area contributed by atoms with Crippen molar-refractivity contribution in [3.05, 3.63) is 76.9 Å². The highest BCUT2D eigenvalue weighted by atomic mass is 32.2. The van der Waals surface area contributed by atoms with Crippen LogP contribution in [-0.4, -0.2) is 82.0 Å². The monoisotopic (exact) mass is 627 g/mol. The second kappa shape index (κ2) is 11.8. The molecule has 1 fully saturated rings. The maximum atomic E-state index is 13.5. The number of carbonyl (C=O) groups excluding carboxylic acids is 1. The molecule has 45 heavy (non-hydrogen) atoms. The van der Waals surface area contributed by atoms with Gasteiger partial charge in [0.15, 0.2) is 0 Å². The van der Waals surface area contributed by atoms with Crippen molar-refractivity contribution in [2.75, 3.05) is 61.9 Å². The maximum Gasteiger partial charge on any atom is 0.325 e. The number of nitrogens with one attached hydrogen (secondary N) is 1. The van der Waals surface area contributed by atoms with E-state index in [9.17, 15) is 9.00 Å². The van der Waals surface area contributed by atoms with Crippen molar-refractivity contribution in [1.82, 2.24) is 19.8 Å². The minimum Gasteiger partial charge on any atom is -0.424 e. The second-order valence-corrected chi connectivity index (χ2v) is 14.7. The first-order valence-corrected chi connectivity index (χ1v) is 17.7. The van der Waals surface area contributed by atoms with Gasteiger partial charge in [0, 0.05) is 62.7 Å². The fourth-order valence-electron chi connectivity index (χ4n) is 7.37. The summed E-state index contributed by atoms with van der Waals surface area (Å²) in [4.78, 5) is 31.7. The summed E-state index contributed by atoms with van der Waals surface area (Å²) >= 11 is 0. The standard InChI is InChI=1S/C34H41N7O3S/c1-4-30(42)39-17-19-40(20-18-39)32-28-14-16-41(23(2)26-11-5-8-24-10-7-21-45(35,43)31(24)26)33(28)37-34(36-32)44-29-12-6-9-25-22-38(3)15-13-27(25)29/h4-6,8-9,11-12,23,35H,1,7,10,13-22H2,2-3H3. The van der Waals surface area contributed by atoms with Crippen LogP contribution < -0.4 is 14.5 Å². The zero-order chi connectivity index (χ0) is 31.3. The highest BCUT2D eigenvalue weighted by molar-refractivity contribution is 7.92. The number of likely N-dealkylation sites (N-methyl/N-ethyl adjacent to an activating group) is 1. The smallest absolute Gasteiger partial charge is 0.325 e. The molecule has 1 amide bonds. The molecule has 0 saturated carbocycles. The van der Waals surface area contributed by atoms with E-state index in [0.717, 1.165) is 79.4 Å². The molecule has 7 rings (SSSR count). The first-order valence-electron chi connectivity index (χ1n) is 15.9. The summed E-state index contributed by atoms with van der Waals surface area (Å²) < 4.78 is 28.8. The van der Waals surface area contributed by atoms with E-state index in [1.807, 2.05) is 35.2 Å². The summed E-state index contributed by atoms with van der Waals surface area (Å²) in [5.74, 6) is 2.81. The number of fused-ring (bicyclic) bond motifs is 3. The summed E-state index contributed by atoms with van der Waals surface area (Å²) in [5.41, 5.74) is 5.49. The number of piperazine rings is 1. The fraction of sp³-hybridized carbons (Fsp3) is 0.441. The van der Waals surface area contributed by atoms with Crippen LogP contribution in [0.4, 0.5) is 11.6 Å². The molecule has 0 bridgehead atoms. The number of hydrogen-bond donors (Lipinski definition) is 1. The molecule has 10 nitrogen and oxygen atoms in total. The van der Waals surface area contributed by atoms with Crippen LogP contribution in [0.2, 0.25) is 0 Å². The van der Waals surface area contributed by atoms with Crippen molar-refractivity contribution >= 4 is 27.3 Å². The van der Waals surface area contributed by atoms with E-state index in [2.05, 4.69) is 41.3 Å². The molecule has 0 radical (unpaired) electrons. The SMILES string of the molecule is C=CC(=O)N1CCN(c2nc(Oc3cccc4c3CCN(C)C4)nc3c2CCN3C(C)c2cccc3c2S(=N)(=O)CCC3)CC1. The van der Waals surface area contributed by atoms with E-state index < -0.39 is 9.73 Å². The Morgan fingerprint density at radius 3 is 2.51 bits per heavy atom. The van der Waals surface area contributed by atoms with E-state index >= 15 is 0 Å². The zero-order valence-corrected chi connectivity index (χ0v) is 26.9. The van der Waals surface area contributed by atoms with Crippen LogP contribution >= 0.6 is 0 Å². The lowest BCUT2D eigenvalue weighted by atomic mass is 9.99. The Bertz CT molecular complexity index is 1770. The van der Waals surface area contributed by atoms with Crippen molar-refractivity contribution < 1.29 is 13.7 Å². The Morgan fingerprint density at radius 1 is 0.978 bits per heavy atom. The van der Waals surface area contributed by atoms with Crippen molar-refractivity contribution in [3.8, 4) is 11.8 Å². The van der Waals surface area contributed by atoms with Crippen molar-refractivity contribution in [2.45, 2.75) is 50.1 Å². The summed E-state index contributed by atoms with van der Waals surface area (Å²) in [7, 11) is -0.729. The Labute approximate surface area is 265 Å². The van der Waals surface area contributed by atoms with Crippen LogP contribution in [0.1, 0.15) is 47.2 Å². The average molecular weight is 628 g/mol. The van der Waals surface area contributed by atoms with Gasteiger partial charge in [0.1, 0.15) is 17.4 Å². The van der Waals surface area contributed by atoms with Gasteiger partial charge in [-0.2, -0.15) is 9.97 Å². The zero-order valence-electron chi connectivity index (χ0n) is 26.1. The summed E-state index contributed by atoms with van der Waals surface area (Å²) in [6, 6.07) is 12.4. The number of anilines is 2. The highest BCUT2D eigenvalue weighted by Crippen LogP contribution is 2.43. The van der Waals surface area contributed by atoms with E-state index in [-0.39, 0.29) is 11.9 Å². The number of hydrogen-bond acceptors (Lipinski definition) is 9. The normalized spacial score (nSPS) is 22.0. The molecule has 2 aromatic carbocycles. The van der Waals surface area contributed by atoms with Gasteiger partial charge in [0.25, 0.3) is 0 Å². The number of ether oxygens (including phenoxy) is 1. The molecule has 5 heterocycles. The van der Waals surface area contributed by atoms with Crippen LogP contribution in [0.15, 0.2) is 53.9 Å². The number of rotatable bonds is 6. The Balaban J connectivity index is 1.28. The average Bonchev–Trinajstić information content (AvgIpc) is 3.47. The van der Waals surface area contributed by atoms with Crippen molar-refractivity contribution in [3.63, 3.8) is 0 Å². The molecule has 1 aromatic heterocycles. The van der Waals surface area contributed by atoms with Gasteiger partial charge in [0.05, 0.1) is 20.7 Å². The minimum atomic E-state index is -2.86. The molecular weight excluding hydrogens is 586 g/mol. The van der Waals surface area contributed by atoms with Gasteiger partial charge < -0.3 is 24.3 Å². The third kappa shape index (κ3) is 5.46. The van der Waals surface area contributed by atoms with Crippen LogP contribution in [0.5, 0.6) is 11.8 Å². The Hall–Kier alpha value is -3.96. The molecule has 1 saturated heterocycles. The lowest BCUT2D eigenvalue weighted by molar-refractivity contribution is -0.126. The van der Waals surface area contributed by atoms with Crippen molar-refractivity contribution in [1.29, 1.82) is 4.78 Å². The number of aromatic nitrogens is 2. The summed E-state index contributed by atoms with van der Waals surface area (Å²) in [6.07, 6.45) is 4.67. The Kier molecular flexibility index (Phi) is 7.77. The minimum absolute atomic E-state index is 0.0525. The topological polar surface area (TPSA) is 106 Å². The first kappa shape index (κ1) is 29.7. The molecule has 11 heteroatoms. The van der Waals surface area contributed by atoms with Crippen LogP contribution in [0.25, 0.3) is 0 Å². The molecule has 3 aromatic rings. The predicted octanol–water partition coefficient (Wildman–Crippen LogP) is 4.57. The molecule has 4 aliphatic rings. The van der Waals surface area contributed by atoms with Crippen LogP contribution in [-0.2, 0) is 40.3 Å². The highest BCUT2D eigenvalue weighted by Gasteiger charge is 2.35. The number of benzene rings is 2. The van der Waals surface area contributed by atoms with Crippen LogP contribution in [0.3, 0.4) is 0 Å². The molecule has 0 spiro atoms. The quantitative estimate of drug-likeness (QED) is 0.397. The maximum absolute atomic E-state index is 13.5. The lowest BCUT2D eigenvalue weighted by Gasteiger charge is -2.36. The molecule has 2 unspecified atom stereocenters. The Morgan fingerprint density at radius 2 is 1.71 bits per heavy atom. The molecule has 2 atom stereocenters. The molecule has 4 aliphatic heterocycles. The third-order valence-corrected chi connectivity index (χ3v) is 11.8. The van der Waals surface area contributed by atoms with Crippen molar-refractivity contribution in [2.24, 2.45) is 0 Å². The lowest BCUT2D eigenvalue weighted by Crippen LogP contribution is -2.48. The summed E-state index contributed by atoms with van der Waals surface area (Å²) in [6.45, 7) is 10.8. The molecular formula is C34H41N7O3S. The van der Waals surface area contributed by atoms with Gasteiger partial charge >= 0.3 is 6.01 Å². The number of amides is 1. The van der Waals surface area contributed by atoms with Gasteiger partial charge in [-0.15, -0.1) is 0 Å². The van der Waals surface area contributed by atoms with Crippen LogP contribution in [0, 0.1) is 4.78 Å². The molecule has 0 aliphatic carbocycles. The summed E-state index contributed by atoms with van der Waals surface area (Å²) in [5, 5.41) is 0. The van der Waals surface area contributed by atoms with E-state index in [4.69, 9.17) is 19.5 Å². The predicted molar refractivity (Wildman–Crippen MR) is 176 cm³/mol. The molecule has 236 valence electrons. The first-order chi connectivity index (χ1) is 21.7. The number of aryl methyl sites for hydroxylation is 1.